The van der Waals surface area contributed by atoms with Gasteiger partial charge in [-0.05, 0) is 68.2 Å². The lowest BCUT2D eigenvalue weighted by Crippen LogP contribution is -2.01. The van der Waals surface area contributed by atoms with E-state index in [0.29, 0.717) is 17.5 Å². The number of furan rings is 2. The van der Waals surface area contributed by atoms with Crippen molar-refractivity contribution in [1.29, 1.82) is 0 Å². The lowest BCUT2D eigenvalue weighted by Gasteiger charge is -2.13. The molecule has 0 unspecified atom stereocenters. The van der Waals surface area contributed by atoms with Crippen LogP contribution in [0.1, 0.15) is 0 Å². The lowest BCUT2D eigenvalue weighted by molar-refractivity contribution is 0.669. The van der Waals surface area contributed by atoms with Gasteiger partial charge in [-0.2, -0.15) is 0 Å². The highest BCUT2D eigenvalue weighted by atomic mass is 16.3. The first-order valence-electron chi connectivity index (χ1n) is 18.8. The van der Waals surface area contributed by atoms with E-state index in [-0.39, 0.29) is 0 Å². The van der Waals surface area contributed by atoms with E-state index in [1.54, 1.807) is 0 Å². The average Bonchev–Trinajstić information content (AvgIpc) is 3.85. The summed E-state index contributed by atoms with van der Waals surface area (Å²) in [6.07, 6.45) is 0. The van der Waals surface area contributed by atoms with Crippen LogP contribution in [0.3, 0.4) is 0 Å². The van der Waals surface area contributed by atoms with Gasteiger partial charge in [-0.15, -0.1) is 0 Å². The van der Waals surface area contributed by atoms with Gasteiger partial charge in [0.2, 0.25) is 0 Å². The molecule has 0 spiro atoms. The molecule has 0 saturated carbocycles. The highest BCUT2D eigenvalue weighted by molar-refractivity contribution is 6.19. The van der Waals surface area contributed by atoms with Crippen LogP contribution in [0.25, 0.3) is 121 Å². The Hall–Kier alpha value is -7.63. The molecule has 0 aliphatic carbocycles. The predicted molar refractivity (Wildman–Crippen MR) is 229 cm³/mol. The summed E-state index contributed by atoms with van der Waals surface area (Å²) < 4.78 is 12.9. The fourth-order valence-corrected chi connectivity index (χ4v) is 8.56. The Bertz CT molecular complexity index is 3550. The molecule has 0 aliphatic heterocycles. The molecule has 3 heterocycles. The predicted octanol–water partition coefficient (Wildman–Crippen LogP) is 13.8. The van der Waals surface area contributed by atoms with Crippen LogP contribution in [0.5, 0.6) is 0 Å². The van der Waals surface area contributed by atoms with Gasteiger partial charge in [0.05, 0.1) is 0 Å². The smallest absolute Gasteiger partial charge is 0.164 e. The summed E-state index contributed by atoms with van der Waals surface area (Å²) in [4.78, 5) is 15.9. The van der Waals surface area contributed by atoms with Gasteiger partial charge in [0, 0.05) is 43.8 Å². The molecule has 0 amide bonds. The molecular formula is C51H29N3O2. The Morgan fingerprint density at radius 2 is 0.946 bits per heavy atom. The van der Waals surface area contributed by atoms with E-state index >= 15 is 0 Å². The quantitative estimate of drug-likeness (QED) is 0.170. The van der Waals surface area contributed by atoms with Crippen LogP contribution in [0.2, 0.25) is 0 Å². The van der Waals surface area contributed by atoms with Crippen molar-refractivity contribution >= 4 is 76.2 Å². The number of fused-ring (bicyclic) bond motifs is 11. The normalized spacial score (nSPS) is 11.9. The van der Waals surface area contributed by atoms with E-state index in [9.17, 15) is 0 Å². The fourth-order valence-electron chi connectivity index (χ4n) is 8.56. The number of hydrogen-bond donors (Lipinski definition) is 0. The summed E-state index contributed by atoms with van der Waals surface area (Å²) in [5.41, 5.74) is 8.24. The standard InChI is InChI=1S/C51H29N3O2/c1-2-12-30(13-3-1)36-19-10-20-40-47-41(21-11-23-44(47)56-48(36)40)50-52-49(33-24-26-35-32(28-33)25-27-45-46(35)39-18-8-9-22-43(39)55-45)53-51(54-50)42-29-31-14-4-5-15-34(31)37-16-6-7-17-38(37)42/h1-29H. The Kier molecular flexibility index (Phi) is 6.56. The van der Waals surface area contributed by atoms with Gasteiger partial charge in [-0.25, -0.2) is 15.0 Å². The molecule has 12 aromatic rings. The zero-order chi connectivity index (χ0) is 36.7. The summed E-state index contributed by atoms with van der Waals surface area (Å²) in [6.45, 7) is 0. The molecule has 0 N–H and O–H groups in total. The summed E-state index contributed by atoms with van der Waals surface area (Å²) in [6, 6.07) is 60.9. The second kappa shape index (κ2) is 11.9. The molecule has 0 fully saturated rings. The molecule has 0 radical (unpaired) electrons. The van der Waals surface area contributed by atoms with E-state index < -0.39 is 0 Å². The molecular weight excluding hydrogens is 687 g/mol. The van der Waals surface area contributed by atoms with Crippen molar-refractivity contribution in [3.8, 4) is 45.3 Å². The fraction of sp³-hybridized carbons (Fsp3) is 0. The van der Waals surface area contributed by atoms with Crippen molar-refractivity contribution in [3.05, 3.63) is 176 Å². The van der Waals surface area contributed by atoms with Crippen molar-refractivity contribution in [1.82, 2.24) is 15.0 Å². The van der Waals surface area contributed by atoms with E-state index in [2.05, 4.69) is 146 Å². The van der Waals surface area contributed by atoms with Crippen LogP contribution in [0, 0.1) is 0 Å². The third kappa shape index (κ3) is 4.64. The van der Waals surface area contributed by atoms with Gasteiger partial charge in [0.1, 0.15) is 22.3 Å². The Morgan fingerprint density at radius 3 is 1.84 bits per heavy atom. The molecule has 0 aliphatic rings. The monoisotopic (exact) mass is 715 g/mol. The highest BCUT2D eigenvalue weighted by Crippen LogP contribution is 2.42. The van der Waals surface area contributed by atoms with E-state index in [1.807, 2.05) is 30.3 Å². The van der Waals surface area contributed by atoms with Gasteiger partial charge in [-0.3, -0.25) is 0 Å². The molecule has 12 rings (SSSR count). The van der Waals surface area contributed by atoms with Gasteiger partial charge in [0.25, 0.3) is 0 Å². The SMILES string of the molecule is c1ccc(-c2cccc3c2oc2cccc(-c4nc(-c5ccc6c(ccc7oc8ccccc8c76)c5)nc(-c5cc6ccccc6c6ccccc56)n4)c23)cc1. The van der Waals surface area contributed by atoms with Gasteiger partial charge >= 0.3 is 0 Å². The Morgan fingerprint density at radius 1 is 0.304 bits per heavy atom. The first-order valence-corrected chi connectivity index (χ1v) is 18.8. The maximum absolute atomic E-state index is 6.66. The van der Waals surface area contributed by atoms with Crippen LogP contribution in [0.15, 0.2) is 185 Å². The molecule has 0 atom stereocenters. The third-order valence-corrected chi connectivity index (χ3v) is 11.1. The number of rotatable bonds is 4. The van der Waals surface area contributed by atoms with Crippen LogP contribution >= 0.6 is 0 Å². The van der Waals surface area contributed by atoms with Crippen LogP contribution in [-0.4, -0.2) is 15.0 Å². The van der Waals surface area contributed by atoms with Crippen molar-refractivity contribution < 1.29 is 8.83 Å². The number of nitrogens with zero attached hydrogens (tertiary/aromatic N) is 3. The molecule has 0 saturated heterocycles. The summed E-state index contributed by atoms with van der Waals surface area (Å²) in [5, 5.41) is 11.0. The van der Waals surface area contributed by atoms with E-state index in [0.717, 1.165) is 98.6 Å². The van der Waals surface area contributed by atoms with Crippen molar-refractivity contribution in [2.75, 3.05) is 0 Å². The molecule has 0 bridgehead atoms. The van der Waals surface area contributed by atoms with Crippen LogP contribution in [0.4, 0.5) is 0 Å². The maximum Gasteiger partial charge on any atom is 0.164 e. The third-order valence-electron chi connectivity index (χ3n) is 11.1. The van der Waals surface area contributed by atoms with Gasteiger partial charge in [-0.1, -0.05) is 146 Å². The van der Waals surface area contributed by atoms with Crippen molar-refractivity contribution in [2.24, 2.45) is 0 Å². The van der Waals surface area contributed by atoms with Gasteiger partial charge < -0.3 is 8.83 Å². The summed E-state index contributed by atoms with van der Waals surface area (Å²) >= 11 is 0. The number of aromatic nitrogens is 3. The number of para-hydroxylation sites is 2. The van der Waals surface area contributed by atoms with Gasteiger partial charge in [0.15, 0.2) is 17.5 Å². The molecule has 3 aromatic heterocycles. The minimum absolute atomic E-state index is 0.581. The Labute approximate surface area is 320 Å². The number of hydrogen-bond acceptors (Lipinski definition) is 5. The van der Waals surface area contributed by atoms with E-state index in [1.165, 1.54) is 5.39 Å². The summed E-state index contributed by atoms with van der Waals surface area (Å²) in [5.74, 6) is 1.78. The maximum atomic E-state index is 6.66. The minimum Gasteiger partial charge on any atom is -0.456 e. The molecule has 260 valence electrons. The molecule has 9 aromatic carbocycles. The van der Waals surface area contributed by atoms with Crippen molar-refractivity contribution in [3.63, 3.8) is 0 Å². The lowest BCUT2D eigenvalue weighted by atomic mass is 9.96. The Balaban J connectivity index is 1.13. The molecule has 5 heteroatoms. The largest absolute Gasteiger partial charge is 0.456 e. The zero-order valence-corrected chi connectivity index (χ0v) is 29.9. The average molecular weight is 716 g/mol. The first-order chi connectivity index (χ1) is 27.7. The topological polar surface area (TPSA) is 65.0 Å². The highest BCUT2D eigenvalue weighted by Gasteiger charge is 2.21. The zero-order valence-electron chi connectivity index (χ0n) is 29.9. The minimum atomic E-state index is 0.581. The summed E-state index contributed by atoms with van der Waals surface area (Å²) in [7, 11) is 0. The number of benzene rings is 9. The second-order valence-electron chi connectivity index (χ2n) is 14.3. The second-order valence-corrected chi connectivity index (χ2v) is 14.3. The first kappa shape index (κ1) is 30.8. The van der Waals surface area contributed by atoms with Crippen LogP contribution < -0.4 is 0 Å². The molecule has 56 heavy (non-hydrogen) atoms. The molecule has 5 nitrogen and oxygen atoms in total. The van der Waals surface area contributed by atoms with Crippen molar-refractivity contribution in [2.45, 2.75) is 0 Å². The van der Waals surface area contributed by atoms with E-state index in [4.69, 9.17) is 23.8 Å². The van der Waals surface area contributed by atoms with Crippen LogP contribution in [-0.2, 0) is 0 Å².